The first-order valence-corrected chi connectivity index (χ1v) is 11.8. The number of likely N-dealkylation sites (N-methyl/N-ethyl adjacent to an activating group) is 1. The number of thioether (sulfide) groups is 1. The minimum absolute atomic E-state index is 0.00161. The zero-order valence-corrected chi connectivity index (χ0v) is 18.8. The van der Waals surface area contributed by atoms with Crippen molar-refractivity contribution in [3.05, 3.63) is 46.7 Å². The van der Waals surface area contributed by atoms with Gasteiger partial charge in [0.25, 0.3) is 5.91 Å². The van der Waals surface area contributed by atoms with Crippen LogP contribution in [0.25, 0.3) is 0 Å². The van der Waals surface area contributed by atoms with Gasteiger partial charge in [0.1, 0.15) is 0 Å². The van der Waals surface area contributed by atoms with Gasteiger partial charge in [0.05, 0.1) is 23.7 Å². The number of nitrogens with one attached hydrogen (secondary N) is 1. The summed E-state index contributed by atoms with van der Waals surface area (Å²) in [4.78, 5) is 44.3. The van der Waals surface area contributed by atoms with E-state index in [4.69, 9.17) is 0 Å². The summed E-state index contributed by atoms with van der Waals surface area (Å²) in [5, 5.41) is 4.77. The number of rotatable bonds is 7. The van der Waals surface area contributed by atoms with Gasteiger partial charge in [-0.2, -0.15) is 0 Å². The molecule has 1 aliphatic heterocycles. The zero-order chi connectivity index (χ0) is 21.5. The Labute approximate surface area is 185 Å². The normalized spacial score (nSPS) is 14.4. The molecule has 0 atom stereocenters. The third-order valence-electron chi connectivity index (χ3n) is 4.94. The first-order chi connectivity index (χ1) is 14.5. The van der Waals surface area contributed by atoms with E-state index in [1.165, 1.54) is 16.2 Å². The van der Waals surface area contributed by atoms with Crippen molar-refractivity contribution >= 4 is 46.5 Å². The Balaban J connectivity index is 1.43. The average molecular weight is 447 g/mol. The number of piperazine rings is 1. The first kappa shape index (κ1) is 22.3. The van der Waals surface area contributed by atoms with Gasteiger partial charge in [-0.15, -0.1) is 23.1 Å². The second kappa shape index (κ2) is 10.6. The van der Waals surface area contributed by atoms with Crippen molar-refractivity contribution in [1.82, 2.24) is 14.7 Å². The van der Waals surface area contributed by atoms with Crippen LogP contribution in [0.3, 0.4) is 0 Å². The number of carbonyl (C=O) groups excluding carboxylic acids is 3. The molecular weight excluding hydrogens is 420 g/mol. The van der Waals surface area contributed by atoms with Crippen LogP contribution in [0.5, 0.6) is 0 Å². The molecule has 1 saturated heterocycles. The summed E-state index contributed by atoms with van der Waals surface area (Å²) in [6.45, 7) is 2.72. The number of thiophene rings is 1. The van der Waals surface area contributed by atoms with E-state index < -0.39 is 0 Å². The summed E-state index contributed by atoms with van der Waals surface area (Å²) in [5.74, 6) is -0.282. The summed E-state index contributed by atoms with van der Waals surface area (Å²) in [7, 11) is 1.64. The number of amides is 3. The molecule has 7 nitrogen and oxygen atoms in total. The summed E-state index contributed by atoms with van der Waals surface area (Å²) in [5.41, 5.74) is 0.752. The second-order valence-electron chi connectivity index (χ2n) is 7.04. The molecule has 3 amide bonds. The molecule has 1 aromatic heterocycles. The van der Waals surface area contributed by atoms with Crippen molar-refractivity contribution in [3.8, 4) is 0 Å². The Morgan fingerprint density at radius 3 is 2.50 bits per heavy atom. The van der Waals surface area contributed by atoms with E-state index in [-0.39, 0.29) is 30.8 Å². The summed E-state index contributed by atoms with van der Waals surface area (Å²) >= 11 is 3.00. The van der Waals surface area contributed by atoms with Crippen LogP contribution >= 0.6 is 23.1 Å². The van der Waals surface area contributed by atoms with Gasteiger partial charge in [-0.05, 0) is 29.8 Å². The Bertz CT molecular complexity index is 880. The lowest BCUT2D eigenvalue weighted by Crippen LogP contribution is -2.51. The highest BCUT2D eigenvalue weighted by Gasteiger charge is 2.25. The lowest BCUT2D eigenvalue weighted by atomic mass is 10.3. The van der Waals surface area contributed by atoms with Crippen molar-refractivity contribution in [3.63, 3.8) is 0 Å². The Hall–Kier alpha value is -2.36. The van der Waals surface area contributed by atoms with Gasteiger partial charge in [-0.25, -0.2) is 0 Å². The van der Waals surface area contributed by atoms with Gasteiger partial charge in [0.2, 0.25) is 11.8 Å². The molecule has 3 rings (SSSR count). The molecule has 1 fully saturated rings. The molecule has 0 spiro atoms. The Kier molecular flexibility index (Phi) is 7.89. The van der Waals surface area contributed by atoms with Crippen molar-refractivity contribution in [2.45, 2.75) is 4.90 Å². The Morgan fingerprint density at radius 1 is 1.10 bits per heavy atom. The van der Waals surface area contributed by atoms with Crippen molar-refractivity contribution in [2.24, 2.45) is 0 Å². The maximum Gasteiger partial charge on any atom is 0.264 e. The topological polar surface area (TPSA) is 73.0 Å². The van der Waals surface area contributed by atoms with Crippen molar-refractivity contribution in [2.75, 3.05) is 57.9 Å². The van der Waals surface area contributed by atoms with E-state index in [9.17, 15) is 14.4 Å². The van der Waals surface area contributed by atoms with E-state index in [2.05, 4.69) is 5.32 Å². The number of benzene rings is 1. The monoisotopic (exact) mass is 446 g/mol. The fourth-order valence-electron chi connectivity index (χ4n) is 3.22. The molecular formula is C21H26N4O3S2. The van der Waals surface area contributed by atoms with E-state index in [0.717, 1.165) is 15.5 Å². The number of hydrogen-bond donors (Lipinski definition) is 1. The molecule has 1 aliphatic rings. The number of carbonyl (C=O) groups is 3. The number of hydrogen-bond acceptors (Lipinski definition) is 6. The third-order valence-corrected chi connectivity index (χ3v) is 6.59. The lowest BCUT2D eigenvalue weighted by molar-refractivity contribution is -0.134. The number of para-hydroxylation sites is 1. The maximum atomic E-state index is 12.5. The number of anilines is 1. The predicted molar refractivity (Wildman–Crippen MR) is 121 cm³/mol. The summed E-state index contributed by atoms with van der Waals surface area (Å²) in [6, 6.07) is 11.3. The van der Waals surface area contributed by atoms with Gasteiger partial charge in [0, 0.05) is 38.1 Å². The molecule has 160 valence electrons. The quantitative estimate of drug-likeness (QED) is 0.661. The first-order valence-electron chi connectivity index (χ1n) is 9.70. The number of nitrogens with zero attached hydrogens (tertiary/aromatic N) is 3. The van der Waals surface area contributed by atoms with Crippen LogP contribution in [0.4, 0.5) is 5.69 Å². The van der Waals surface area contributed by atoms with Crippen LogP contribution in [0, 0.1) is 0 Å². The van der Waals surface area contributed by atoms with Gasteiger partial charge in [-0.1, -0.05) is 18.2 Å². The molecule has 0 radical (unpaired) electrons. The zero-order valence-electron chi connectivity index (χ0n) is 17.2. The highest BCUT2D eigenvalue weighted by molar-refractivity contribution is 7.98. The lowest BCUT2D eigenvalue weighted by Gasteiger charge is -2.34. The molecule has 1 aromatic carbocycles. The highest BCUT2D eigenvalue weighted by Crippen LogP contribution is 2.24. The van der Waals surface area contributed by atoms with E-state index in [1.54, 1.807) is 18.8 Å². The van der Waals surface area contributed by atoms with Gasteiger partial charge >= 0.3 is 0 Å². The minimum atomic E-state index is -0.223. The van der Waals surface area contributed by atoms with Crippen molar-refractivity contribution in [1.29, 1.82) is 0 Å². The second-order valence-corrected chi connectivity index (χ2v) is 8.84. The average Bonchev–Trinajstić information content (AvgIpc) is 3.29. The standard InChI is InChI=1S/C21H26N4O3S2/c1-23(14-19(26)22-16-6-3-4-7-17(16)29-2)20(27)15-24-9-11-25(12-10-24)21(28)18-8-5-13-30-18/h3-8,13H,9-12,14-15H2,1-2H3,(H,22,26). The van der Waals surface area contributed by atoms with Crippen LogP contribution in [-0.2, 0) is 9.59 Å². The SMILES string of the molecule is CSc1ccccc1NC(=O)CN(C)C(=O)CN1CCN(C(=O)c2cccs2)CC1. The third kappa shape index (κ3) is 5.84. The predicted octanol–water partition coefficient (Wildman–Crippen LogP) is 2.32. The van der Waals surface area contributed by atoms with Gasteiger partial charge < -0.3 is 15.1 Å². The molecule has 0 unspecified atom stereocenters. The minimum Gasteiger partial charge on any atom is -0.335 e. The van der Waals surface area contributed by atoms with Crippen LogP contribution in [0.2, 0.25) is 0 Å². The molecule has 2 aromatic rings. The van der Waals surface area contributed by atoms with E-state index in [1.807, 2.05) is 57.8 Å². The molecule has 2 heterocycles. The summed E-state index contributed by atoms with van der Waals surface area (Å²) < 4.78 is 0. The highest BCUT2D eigenvalue weighted by atomic mass is 32.2. The van der Waals surface area contributed by atoms with Gasteiger partial charge in [-0.3, -0.25) is 19.3 Å². The molecule has 0 saturated carbocycles. The fourth-order valence-corrected chi connectivity index (χ4v) is 4.46. The van der Waals surface area contributed by atoms with Crippen LogP contribution in [0.15, 0.2) is 46.7 Å². The van der Waals surface area contributed by atoms with Crippen LogP contribution < -0.4 is 5.32 Å². The summed E-state index contributed by atoms with van der Waals surface area (Å²) in [6.07, 6.45) is 1.95. The molecule has 0 bridgehead atoms. The molecule has 1 N–H and O–H groups in total. The Morgan fingerprint density at radius 2 is 1.83 bits per heavy atom. The largest absolute Gasteiger partial charge is 0.335 e. The maximum absolute atomic E-state index is 12.5. The van der Waals surface area contributed by atoms with Crippen LogP contribution in [-0.4, -0.2) is 85.0 Å². The molecule has 0 aliphatic carbocycles. The molecule has 9 heteroatoms. The molecule has 30 heavy (non-hydrogen) atoms. The van der Waals surface area contributed by atoms with Crippen molar-refractivity contribution < 1.29 is 14.4 Å². The van der Waals surface area contributed by atoms with E-state index >= 15 is 0 Å². The van der Waals surface area contributed by atoms with Crippen LogP contribution in [0.1, 0.15) is 9.67 Å². The van der Waals surface area contributed by atoms with Gasteiger partial charge in [0.15, 0.2) is 0 Å². The van der Waals surface area contributed by atoms with E-state index in [0.29, 0.717) is 26.2 Å². The smallest absolute Gasteiger partial charge is 0.264 e. The fraction of sp³-hybridized carbons (Fsp3) is 0.381.